The third-order valence-corrected chi connectivity index (χ3v) is 12.3. The molecule has 0 aliphatic heterocycles. The molecule has 66 heavy (non-hydrogen) atoms. The number of benzene rings is 7. The van der Waals surface area contributed by atoms with E-state index in [1.807, 2.05) is 60.9 Å². The van der Waals surface area contributed by atoms with Crippen molar-refractivity contribution in [2.75, 3.05) is 0 Å². The van der Waals surface area contributed by atoms with Gasteiger partial charge >= 0.3 is 20.1 Å². The minimum absolute atomic E-state index is 0. The first kappa shape index (κ1) is 43.9. The molecule has 3 nitrogen and oxygen atoms in total. The van der Waals surface area contributed by atoms with Gasteiger partial charge in [-0.15, -0.1) is 107 Å². The van der Waals surface area contributed by atoms with Gasteiger partial charge < -0.3 is 15.0 Å². The van der Waals surface area contributed by atoms with Gasteiger partial charge in [-0.05, 0) is 118 Å². The third kappa shape index (κ3) is 9.39. The summed E-state index contributed by atoms with van der Waals surface area (Å²) >= 11 is 0. The summed E-state index contributed by atoms with van der Waals surface area (Å²) in [5.74, 6) is 0. The van der Waals surface area contributed by atoms with Crippen LogP contribution in [-0.2, 0) is 32.9 Å². The third-order valence-electron chi connectivity index (χ3n) is 12.3. The second-order valence-electron chi connectivity index (χ2n) is 16.7. The van der Waals surface area contributed by atoms with Crippen LogP contribution in [0.1, 0.15) is 27.8 Å². The molecule has 4 heteroatoms. The van der Waals surface area contributed by atoms with Crippen molar-refractivity contribution in [1.29, 1.82) is 0 Å². The number of aryl methyl sites for hydroxylation is 5. The van der Waals surface area contributed by atoms with Crippen molar-refractivity contribution in [3.63, 3.8) is 0 Å². The zero-order valence-electron chi connectivity index (χ0n) is 37.1. The van der Waals surface area contributed by atoms with Crippen LogP contribution < -0.4 is 0 Å². The molecule has 0 atom stereocenters. The second kappa shape index (κ2) is 19.8. The van der Waals surface area contributed by atoms with Crippen LogP contribution in [-0.4, -0.2) is 15.0 Å². The standard InChI is InChI=1S/C62H46N3.Ir/c1-42-32-62(50-25-17-24-49(37-50)46-18-7-4-8-19-46)63-39-51(42)31-30-45-35-52(54-26-13-15-28-56(54)58-40-64-60(33-43(58)2)47-20-9-5-10-21-47)38-53(36-45)55-27-14-16-29-57(55)59-41-65-61(34-44(59)3)48-22-11-6-12-23-48;/h4-20,22,24,26-29,32-41H,30-31H2,1-3H3;/q-3;+3. The van der Waals surface area contributed by atoms with Gasteiger partial charge in [-0.3, -0.25) is 0 Å². The normalized spacial score (nSPS) is 11.0. The molecule has 0 aliphatic rings. The van der Waals surface area contributed by atoms with Crippen LogP contribution in [0.3, 0.4) is 0 Å². The van der Waals surface area contributed by atoms with Crippen molar-refractivity contribution >= 4 is 0 Å². The SMILES string of the molecule is Cc1cc(-c2[c-]ccc(-c3ccccc3)c2)ncc1CCc1cc(-c2ccccc2-c2cnc(-c3[c-]cccc3)cc2C)cc(-c2ccccc2-c2cnc(-c3[c-]cccc3)cc2C)c1.[Ir+3]. The number of rotatable bonds is 11. The molecule has 0 spiro atoms. The van der Waals surface area contributed by atoms with Gasteiger partial charge in [0, 0.05) is 29.7 Å². The first-order valence-electron chi connectivity index (χ1n) is 22.2. The van der Waals surface area contributed by atoms with E-state index in [0.717, 1.165) is 108 Å². The molecule has 0 unspecified atom stereocenters. The first-order chi connectivity index (χ1) is 31.9. The van der Waals surface area contributed by atoms with Gasteiger partial charge in [0.2, 0.25) is 0 Å². The van der Waals surface area contributed by atoms with E-state index in [2.05, 4.69) is 179 Å². The maximum absolute atomic E-state index is 5.00. The minimum atomic E-state index is 0. The van der Waals surface area contributed by atoms with E-state index in [1.165, 1.54) is 22.3 Å². The fourth-order valence-electron chi connectivity index (χ4n) is 8.86. The molecule has 10 rings (SSSR count). The molecule has 318 valence electrons. The smallest absolute Gasteiger partial charge is 0.304 e. The van der Waals surface area contributed by atoms with E-state index >= 15 is 0 Å². The van der Waals surface area contributed by atoms with Crippen molar-refractivity contribution in [3.05, 3.63) is 247 Å². The van der Waals surface area contributed by atoms with Gasteiger partial charge in [0.05, 0.1) is 0 Å². The maximum Gasteiger partial charge on any atom is 3.00 e. The summed E-state index contributed by atoms with van der Waals surface area (Å²) in [6.45, 7) is 6.55. The minimum Gasteiger partial charge on any atom is -0.304 e. The van der Waals surface area contributed by atoms with Crippen LogP contribution in [0.5, 0.6) is 0 Å². The molecule has 7 aromatic carbocycles. The molecule has 0 saturated heterocycles. The topological polar surface area (TPSA) is 38.7 Å². The van der Waals surface area contributed by atoms with Gasteiger partial charge in [0.25, 0.3) is 0 Å². The monoisotopic (exact) mass is 1030 g/mol. The zero-order chi connectivity index (χ0) is 44.1. The molecule has 3 aromatic heterocycles. The van der Waals surface area contributed by atoms with Gasteiger partial charge in [0.15, 0.2) is 0 Å². The van der Waals surface area contributed by atoms with E-state index in [4.69, 9.17) is 15.0 Å². The summed E-state index contributed by atoms with van der Waals surface area (Å²) in [6, 6.07) is 74.0. The van der Waals surface area contributed by atoms with Gasteiger partial charge in [-0.2, -0.15) is 0 Å². The Balaban J connectivity index is 0.00000548. The first-order valence-corrected chi connectivity index (χ1v) is 22.2. The molecule has 0 fully saturated rings. The van der Waals surface area contributed by atoms with Crippen LogP contribution in [0, 0.1) is 39.0 Å². The van der Waals surface area contributed by atoms with Crippen molar-refractivity contribution in [2.45, 2.75) is 33.6 Å². The number of hydrogen-bond acceptors (Lipinski definition) is 3. The molecular weight excluding hydrogens is 979 g/mol. The second-order valence-corrected chi connectivity index (χ2v) is 16.7. The predicted molar refractivity (Wildman–Crippen MR) is 268 cm³/mol. The van der Waals surface area contributed by atoms with E-state index in [9.17, 15) is 0 Å². The van der Waals surface area contributed by atoms with Crippen LogP contribution in [0.4, 0.5) is 0 Å². The molecule has 0 bridgehead atoms. The fourth-order valence-corrected chi connectivity index (χ4v) is 8.86. The Morgan fingerprint density at radius 3 is 1.36 bits per heavy atom. The summed E-state index contributed by atoms with van der Waals surface area (Å²) in [6.07, 6.45) is 7.79. The van der Waals surface area contributed by atoms with Crippen molar-refractivity contribution < 1.29 is 20.1 Å². The van der Waals surface area contributed by atoms with Gasteiger partial charge in [-0.1, -0.05) is 115 Å². The number of nitrogens with zero attached hydrogens (tertiary/aromatic N) is 3. The Hall–Kier alpha value is -7.36. The summed E-state index contributed by atoms with van der Waals surface area (Å²) in [7, 11) is 0. The average molecular weight is 1030 g/mol. The summed E-state index contributed by atoms with van der Waals surface area (Å²) in [5.41, 5.74) is 23.3. The Labute approximate surface area is 402 Å². The molecule has 0 radical (unpaired) electrons. The largest absolute Gasteiger partial charge is 3.00 e. The molecule has 0 N–H and O–H groups in total. The van der Waals surface area contributed by atoms with E-state index in [1.54, 1.807) is 0 Å². The Morgan fingerprint density at radius 1 is 0.348 bits per heavy atom. The molecule has 0 saturated carbocycles. The van der Waals surface area contributed by atoms with E-state index < -0.39 is 0 Å². The van der Waals surface area contributed by atoms with Gasteiger partial charge in [0.1, 0.15) is 0 Å². The summed E-state index contributed by atoms with van der Waals surface area (Å²) in [5, 5.41) is 0. The summed E-state index contributed by atoms with van der Waals surface area (Å²) in [4.78, 5) is 14.9. The van der Waals surface area contributed by atoms with Crippen LogP contribution in [0.2, 0.25) is 0 Å². The fraction of sp³-hybridized carbons (Fsp3) is 0.0806. The van der Waals surface area contributed by atoms with Crippen LogP contribution in [0.25, 0.3) is 89.4 Å². The van der Waals surface area contributed by atoms with Crippen molar-refractivity contribution in [1.82, 2.24) is 15.0 Å². The molecular formula is C62H46IrN3. The van der Waals surface area contributed by atoms with Crippen molar-refractivity contribution in [2.24, 2.45) is 0 Å². The quantitative estimate of drug-likeness (QED) is 0.121. The molecule has 3 heterocycles. The number of hydrogen-bond donors (Lipinski definition) is 0. The Bertz CT molecular complexity index is 3140. The summed E-state index contributed by atoms with van der Waals surface area (Å²) < 4.78 is 0. The molecule has 0 aliphatic carbocycles. The predicted octanol–water partition coefficient (Wildman–Crippen LogP) is 15.3. The van der Waals surface area contributed by atoms with Crippen molar-refractivity contribution in [3.8, 4) is 89.4 Å². The Morgan fingerprint density at radius 2 is 0.833 bits per heavy atom. The Kier molecular flexibility index (Phi) is 13.2. The average Bonchev–Trinajstić information content (AvgIpc) is 3.36. The molecule has 10 aromatic rings. The number of aromatic nitrogens is 3. The maximum atomic E-state index is 5.00. The van der Waals surface area contributed by atoms with Crippen LogP contribution in [0.15, 0.2) is 201 Å². The van der Waals surface area contributed by atoms with E-state index in [-0.39, 0.29) is 20.1 Å². The molecule has 0 amide bonds. The van der Waals surface area contributed by atoms with Crippen LogP contribution >= 0.6 is 0 Å². The number of pyridine rings is 3. The van der Waals surface area contributed by atoms with Gasteiger partial charge in [-0.25, -0.2) is 0 Å². The van der Waals surface area contributed by atoms with E-state index in [0.29, 0.717) is 0 Å². The zero-order valence-corrected chi connectivity index (χ0v) is 39.5.